The number of ether oxygens (including phenoxy) is 1. The summed E-state index contributed by atoms with van der Waals surface area (Å²) in [5.74, 6) is -0.646. The molecule has 0 fully saturated rings. The Morgan fingerprint density at radius 3 is 2.63 bits per heavy atom. The lowest BCUT2D eigenvalue weighted by Gasteiger charge is -2.27. The molecule has 1 unspecified atom stereocenters. The summed E-state index contributed by atoms with van der Waals surface area (Å²) in [6.45, 7) is -0.0242. The number of aromatic hydroxyl groups is 1. The topological polar surface area (TPSA) is 80.7 Å². The Morgan fingerprint density at radius 2 is 1.89 bits per heavy atom. The molecule has 1 aliphatic carbocycles. The standard InChI is InChI=1S/C14H10O5/c15-5-8-4-11-12(6-19-8)13(17)9-2-1-7(16)3-10(9)14(11)18/h1-3,5,8,16H,4,6H2. The third kappa shape index (κ3) is 1.70. The number of benzene rings is 1. The number of hydrogen-bond acceptors (Lipinski definition) is 5. The lowest BCUT2D eigenvalue weighted by atomic mass is 9.81. The highest BCUT2D eigenvalue weighted by atomic mass is 16.5. The molecule has 0 aromatic heterocycles. The molecule has 3 rings (SSSR count). The largest absolute Gasteiger partial charge is 0.508 e. The monoisotopic (exact) mass is 258 g/mol. The lowest BCUT2D eigenvalue weighted by molar-refractivity contribution is -0.117. The van der Waals surface area contributed by atoms with Crippen LogP contribution >= 0.6 is 0 Å². The van der Waals surface area contributed by atoms with E-state index in [1.165, 1.54) is 18.2 Å². The maximum Gasteiger partial charge on any atom is 0.192 e. The van der Waals surface area contributed by atoms with E-state index in [9.17, 15) is 19.5 Å². The van der Waals surface area contributed by atoms with Gasteiger partial charge in [0.25, 0.3) is 0 Å². The number of carbonyl (C=O) groups is 3. The van der Waals surface area contributed by atoms with Gasteiger partial charge in [-0.1, -0.05) is 0 Å². The lowest BCUT2D eigenvalue weighted by Crippen LogP contribution is -2.33. The first-order valence-corrected chi connectivity index (χ1v) is 5.83. The van der Waals surface area contributed by atoms with Crippen LogP contribution in [0.2, 0.25) is 0 Å². The zero-order chi connectivity index (χ0) is 13.6. The van der Waals surface area contributed by atoms with Crippen LogP contribution in [0.5, 0.6) is 5.75 Å². The Kier molecular flexibility index (Phi) is 2.57. The second-order valence-corrected chi connectivity index (χ2v) is 4.53. The maximum atomic E-state index is 12.3. The molecule has 0 saturated carbocycles. The van der Waals surface area contributed by atoms with Gasteiger partial charge in [-0.2, -0.15) is 0 Å². The number of carbonyl (C=O) groups excluding carboxylic acids is 3. The predicted molar refractivity (Wildman–Crippen MR) is 64.2 cm³/mol. The number of rotatable bonds is 1. The minimum absolute atomic E-state index is 0.0242. The van der Waals surface area contributed by atoms with Crippen molar-refractivity contribution in [1.29, 1.82) is 0 Å². The van der Waals surface area contributed by atoms with Crippen molar-refractivity contribution >= 4 is 17.9 Å². The van der Waals surface area contributed by atoms with E-state index in [1.54, 1.807) is 0 Å². The van der Waals surface area contributed by atoms with Gasteiger partial charge in [0, 0.05) is 28.7 Å². The number of hydrogen-bond donors (Lipinski definition) is 1. The first-order valence-electron chi connectivity index (χ1n) is 5.83. The van der Waals surface area contributed by atoms with Crippen LogP contribution in [0.4, 0.5) is 0 Å². The summed E-state index contributed by atoms with van der Waals surface area (Å²) in [5.41, 5.74) is 1.11. The summed E-state index contributed by atoms with van der Waals surface area (Å²) in [4.78, 5) is 35.3. The number of phenols is 1. The number of fused-ring (bicyclic) bond motifs is 1. The number of aldehydes is 1. The van der Waals surface area contributed by atoms with Gasteiger partial charge in [-0.15, -0.1) is 0 Å². The fourth-order valence-electron chi connectivity index (χ4n) is 2.42. The molecule has 1 atom stereocenters. The molecule has 0 amide bonds. The van der Waals surface area contributed by atoms with Gasteiger partial charge in [0.15, 0.2) is 11.6 Å². The van der Waals surface area contributed by atoms with Crippen LogP contribution in [0.1, 0.15) is 27.1 Å². The first-order chi connectivity index (χ1) is 9.11. The molecule has 1 heterocycles. The van der Waals surface area contributed by atoms with Crippen molar-refractivity contribution in [3.8, 4) is 5.75 Å². The molecule has 1 aromatic rings. The van der Waals surface area contributed by atoms with Crippen molar-refractivity contribution in [2.75, 3.05) is 6.61 Å². The summed E-state index contributed by atoms with van der Waals surface area (Å²) in [7, 11) is 0. The summed E-state index contributed by atoms with van der Waals surface area (Å²) in [6, 6.07) is 4.08. The quantitative estimate of drug-likeness (QED) is 0.762. The average molecular weight is 258 g/mol. The third-order valence-corrected chi connectivity index (χ3v) is 3.40. The molecule has 0 bridgehead atoms. The molecule has 1 N–H and O–H groups in total. The molecule has 0 radical (unpaired) electrons. The second kappa shape index (κ2) is 4.13. The fourth-order valence-corrected chi connectivity index (χ4v) is 2.42. The Bertz CT molecular complexity index is 641. The number of Topliss-reactive ketones (excluding diaryl/α,β-unsaturated/α-hetero) is 2. The van der Waals surface area contributed by atoms with E-state index < -0.39 is 6.10 Å². The first kappa shape index (κ1) is 11.8. The fraction of sp³-hybridized carbons (Fsp3) is 0.214. The molecular formula is C14H10O5. The summed E-state index contributed by atoms with van der Waals surface area (Å²) < 4.78 is 5.21. The van der Waals surface area contributed by atoms with E-state index >= 15 is 0 Å². The Balaban J connectivity index is 2.13. The Labute approximate surface area is 108 Å². The molecule has 1 aromatic carbocycles. The van der Waals surface area contributed by atoms with Crippen LogP contribution in [0, 0.1) is 0 Å². The van der Waals surface area contributed by atoms with Gasteiger partial charge < -0.3 is 14.6 Å². The average Bonchev–Trinajstić information content (AvgIpc) is 2.44. The van der Waals surface area contributed by atoms with Crippen LogP contribution in [-0.2, 0) is 9.53 Å². The van der Waals surface area contributed by atoms with E-state index in [2.05, 4.69) is 0 Å². The minimum Gasteiger partial charge on any atom is -0.508 e. The maximum absolute atomic E-state index is 12.3. The van der Waals surface area contributed by atoms with Crippen LogP contribution in [0.15, 0.2) is 29.3 Å². The SMILES string of the molecule is O=CC1CC2=C(CO1)C(=O)c1ccc(O)cc1C2=O. The van der Waals surface area contributed by atoms with Gasteiger partial charge >= 0.3 is 0 Å². The number of phenolic OH excluding ortho intramolecular Hbond substituents is 1. The van der Waals surface area contributed by atoms with Crippen molar-refractivity contribution < 1.29 is 24.2 Å². The van der Waals surface area contributed by atoms with Crippen LogP contribution in [-0.4, -0.2) is 35.7 Å². The van der Waals surface area contributed by atoms with Gasteiger partial charge in [0.05, 0.1) is 6.61 Å². The highest BCUT2D eigenvalue weighted by molar-refractivity contribution is 6.27. The van der Waals surface area contributed by atoms with Crippen LogP contribution in [0.25, 0.3) is 0 Å². The molecule has 19 heavy (non-hydrogen) atoms. The molecule has 2 aliphatic rings. The zero-order valence-electron chi connectivity index (χ0n) is 9.88. The number of ketones is 2. The Hall–Kier alpha value is -2.27. The molecule has 0 spiro atoms. The molecule has 1 aliphatic heterocycles. The van der Waals surface area contributed by atoms with Crippen LogP contribution < -0.4 is 0 Å². The van der Waals surface area contributed by atoms with E-state index in [-0.39, 0.29) is 41.5 Å². The van der Waals surface area contributed by atoms with Gasteiger partial charge in [0.2, 0.25) is 0 Å². The van der Waals surface area contributed by atoms with Gasteiger partial charge in [-0.25, -0.2) is 0 Å². The Morgan fingerprint density at radius 1 is 1.16 bits per heavy atom. The van der Waals surface area contributed by atoms with Gasteiger partial charge in [-0.05, 0) is 18.2 Å². The molecule has 5 heteroatoms. The highest BCUT2D eigenvalue weighted by Gasteiger charge is 2.36. The highest BCUT2D eigenvalue weighted by Crippen LogP contribution is 2.33. The second-order valence-electron chi connectivity index (χ2n) is 4.53. The summed E-state index contributed by atoms with van der Waals surface area (Å²) in [6.07, 6.45) is 0.0484. The van der Waals surface area contributed by atoms with Crippen molar-refractivity contribution in [2.45, 2.75) is 12.5 Å². The van der Waals surface area contributed by atoms with E-state index in [4.69, 9.17) is 4.74 Å². The molecule has 96 valence electrons. The molecule has 5 nitrogen and oxygen atoms in total. The normalized spacial score (nSPS) is 22.0. The summed E-state index contributed by atoms with van der Waals surface area (Å²) in [5, 5.41) is 9.43. The van der Waals surface area contributed by atoms with Crippen molar-refractivity contribution in [3.63, 3.8) is 0 Å². The van der Waals surface area contributed by atoms with Crippen molar-refractivity contribution in [1.82, 2.24) is 0 Å². The third-order valence-electron chi connectivity index (χ3n) is 3.40. The van der Waals surface area contributed by atoms with E-state index in [1.807, 2.05) is 0 Å². The molecule has 0 saturated heterocycles. The van der Waals surface area contributed by atoms with Gasteiger partial charge in [-0.3, -0.25) is 9.59 Å². The van der Waals surface area contributed by atoms with Crippen molar-refractivity contribution in [3.05, 3.63) is 40.5 Å². The minimum atomic E-state index is -0.686. The van der Waals surface area contributed by atoms with E-state index in [0.717, 1.165) is 0 Å². The smallest absolute Gasteiger partial charge is 0.192 e. The summed E-state index contributed by atoms with van der Waals surface area (Å²) >= 11 is 0. The zero-order valence-corrected chi connectivity index (χ0v) is 9.88. The van der Waals surface area contributed by atoms with Crippen molar-refractivity contribution in [2.24, 2.45) is 0 Å². The predicted octanol–water partition coefficient (Wildman–Crippen LogP) is 1.06. The van der Waals surface area contributed by atoms with Crippen LogP contribution in [0.3, 0.4) is 0 Å². The van der Waals surface area contributed by atoms with E-state index in [0.29, 0.717) is 17.4 Å². The van der Waals surface area contributed by atoms with Gasteiger partial charge in [0.1, 0.15) is 18.1 Å². The molecular weight excluding hydrogens is 248 g/mol.